The number of phenolic OH excluding ortho intramolecular Hbond substituents is 1. The number of phenols is 1. The number of hydrogen-bond donors (Lipinski definition) is 1. The maximum absolute atomic E-state index is 10.9. The summed E-state index contributed by atoms with van der Waals surface area (Å²) in [7, 11) is 0. The predicted octanol–water partition coefficient (Wildman–Crippen LogP) is 4.86. The fourth-order valence-corrected chi connectivity index (χ4v) is 2.62. The highest BCUT2D eigenvalue weighted by Crippen LogP contribution is 2.27. The molecule has 0 aliphatic heterocycles. The van der Waals surface area contributed by atoms with E-state index in [1.54, 1.807) is 12.1 Å². The lowest BCUT2D eigenvalue weighted by atomic mass is 10.2. The predicted molar refractivity (Wildman–Crippen MR) is 101 cm³/mol. The molecule has 7 heteroatoms. The van der Waals surface area contributed by atoms with Crippen LogP contribution >= 0.6 is 0 Å². The molecule has 27 heavy (non-hydrogen) atoms. The van der Waals surface area contributed by atoms with Gasteiger partial charge in [-0.05, 0) is 36.4 Å². The van der Waals surface area contributed by atoms with Crippen molar-refractivity contribution in [2.45, 2.75) is 0 Å². The molecule has 4 aromatic rings. The molecule has 0 bridgehead atoms. The molecule has 1 N–H and O–H groups in total. The van der Waals surface area contributed by atoms with Crippen LogP contribution in [-0.4, -0.2) is 21.2 Å². The second kappa shape index (κ2) is 6.72. The second-order valence-corrected chi connectivity index (χ2v) is 5.80. The number of nitrogens with zero attached hydrogens (tertiary/aromatic N) is 3. The summed E-state index contributed by atoms with van der Waals surface area (Å²) >= 11 is 0. The molecule has 0 fully saturated rings. The van der Waals surface area contributed by atoms with Gasteiger partial charge in [0.25, 0.3) is 5.69 Å². The fourth-order valence-electron chi connectivity index (χ4n) is 2.62. The summed E-state index contributed by atoms with van der Waals surface area (Å²) < 4.78 is 5.76. The monoisotopic (exact) mass is 359 g/mol. The lowest BCUT2D eigenvalue weighted by molar-refractivity contribution is -0.384. The van der Waals surface area contributed by atoms with Gasteiger partial charge in [0.05, 0.1) is 10.6 Å². The highest BCUT2D eigenvalue weighted by Gasteiger charge is 2.10. The Kier molecular flexibility index (Phi) is 4.10. The maximum Gasteiger partial charge on any atom is 0.270 e. The number of rotatable bonds is 4. The smallest absolute Gasteiger partial charge is 0.270 e. The summed E-state index contributed by atoms with van der Waals surface area (Å²) in [5, 5.41) is 20.7. The molecule has 1 heterocycles. The third-order valence-electron chi connectivity index (χ3n) is 3.96. The lowest BCUT2D eigenvalue weighted by Gasteiger charge is -2.00. The highest BCUT2D eigenvalue weighted by molar-refractivity contribution is 5.86. The molecule has 0 amide bonds. The Hall–Kier alpha value is -4.00. The Bertz CT molecular complexity index is 1150. The van der Waals surface area contributed by atoms with Crippen LogP contribution in [0.4, 0.5) is 11.4 Å². The number of nitro benzene ring substituents is 1. The van der Waals surface area contributed by atoms with Gasteiger partial charge in [0, 0.05) is 29.5 Å². The molecule has 4 rings (SSSR count). The van der Waals surface area contributed by atoms with E-state index in [9.17, 15) is 15.2 Å². The van der Waals surface area contributed by atoms with Crippen LogP contribution < -0.4 is 0 Å². The molecule has 0 unspecified atom stereocenters. The standard InChI is InChI=1S/C20H13N3O4/c24-18-9-8-16(23(25)26)11-14(18)12-21-15-5-3-4-13(10-15)20-22-17-6-1-2-7-19(17)27-20/h1-12,24H. The average molecular weight is 359 g/mol. The van der Waals surface area contributed by atoms with Crippen molar-refractivity contribution in [2.24, 2.45) is 4.99 Å². The zero-order valence-corrected chi connectivity index (χ0v) is 13.9. The molecule has 0 aliphatic carbocycles. The zero-order valence-electron chi connectivity index (χ0n) is 13.9. The van der Waals surface area contributed by atoms with Crippen molar-refractivity contribution in [2.75, 3.05) is 0 Å². The first-order valence-corrected chi connectivity index (χ1v) is 8.08. The summed E-state index contributed by atoms with van der Waals surface area (Å²) in [5.41, 5.74) is 2.96. The van der Waals surface area contributed by atoms with E-state index >= 15 is 0 Å². The number of para-hydroxylation sites is 2. The number of nitro groups is 1. The summed E-state index contributed by atoms with van der Waals surface area (Å²) in [6.45, 7) is 0. The Morgan fingerprint density at radius 2 is 1.93 bits per heavy atom. The van der Waals surface area contributed by atoms with Gasteiger partial charge in [-0.1, -0.05) is 18.2 Å². The molecule has 1 aromatic heterocycles. The van der Waals surface area contributed by atoms with Crippen molar-refractivity contribution in [3.05, 3.63) is 82.4 Å². The molecule has 0 aliphatic rings. The van der Waals surface area contributed by atoms with Gasteiger partial charge in [0.2, 0.25) is 5.89 Å². The second-order valence-electron chi connectivity index (χ2n) is 5.80. The van der Waals surface area contributed by atoms with E-state index in [1.165, 1.54) is 24.4 Å². The topological polar surface area (TPSA) is 102 Å². The van der Waals surface area contributed by atoms with Crippen LogP contribution in [-0.2, 0) is 0 Å². The van der Waals surface area contributed by atoms with Crippen molar-refractivity contribution in [1.82, 2.24) is 4.98 Å². The fraction of sp³-hybridized carbons (Fsp3) is 0. The van der Waals surface area contributed by atoms with Gasteiger partial charge in [-0.2, -0.15) is 0 Å². The first-order chi connectivity index (χ1) is 13.1. The number of fused-ring (bicyclic) bond motifs is 1. The summed E-state index contributed by atoms with van der Waals surface area (Å²) in [4.78, 5) is 19.1. The highest BCUT2D eigenvalue weighted by atomic mass is 16.6. The van der Waals surface area contributed by atoms with Crippen molar-refractivity contribution >= 4 is 28.7 Å². The molecule has 3 aromatic carbocycles. The van der Waals surface area contributed by atoms with Crippen LogP contribution in [0.5, 0.6) is 5.75 Å². The summed E-state index contributed by atoms with van der Waals surface area (Å²) in [6.07, 6.45) is 1.38. The Balaban J connectivity index is 1.66. The van der Waals surface area contributed by atoms with E-state index < -0.39 is 4.92 Å². The van der Waals surface area contributed by atoms with E-state index in [4.69, 9.17) is 4.42 Å². The molecule has 7 nitrogen and oxygen atoms in total. The number of oxazole rings is 1. The SMILES string of the molecule is O=[N+]([O-])c1ccc(O)c(C=Nc2cccc(-c3nc4ccccc4o3)c2)c1. The number of hydrogen-bond acceptors (Lipinski definition) is 6. The molecule has 0 spiro atoms. The average Bonchev–Trinajstić information content (AvgIpc) is 3.12. The van der Waals surface area contributed by atoms with Crippen molar-refractivity contribution in [3.63, 3.8) is 0 Å². The van der Waals surface area contributed by atoms with Crippen LogP contribution in [0.25, 0.3) is 22.6 Å². The van der Waals surface area contributed by atoms with Crippen LogP contribution in [0.3, 0.4) is 0 Å². The minimum absolute atomic E-state index is 0.0838. The molecule has 0 atom stereocenters. The zero-order chi connectivity index (χ0) is 18.8. The first-order valence-electron chi connectivity index (χ1n) is 8.08. The van der Waals surface area contributed by atoms with E-state index in [0.717, 1.165) is 11.1 Å². The summed E-state index contributed by atoms with van der Waals surface area (Å²) in [5.74, 6) is 0.394. The Morgan fingerprint density at radius 1 is 1.07 bits per heavy atom. The van der Waals surface area contributed by atoms with Crippen LogP contribution in [0.1, 0.15) is 5.56 Å². The van der Waals surface area contributed by atoms with Crippen molar-refractivity contribution in [1.29, 1.82) is 0 Å². The minimum Gasteiger partial charge on any atom is -0.507 e. The molecule has 0 saturated carbocycles. The van der Waals surface area contributed by atoms with Crippen molar-refractivity contribution in [3.8, 4) is 17.2 Å². The van der Waals surface area contributed by atoms with Crippen molar-refractivity contribution < 1.29 is 14.4 Å². The van der Waals surface area contributed by atoms with E-state index in [-0.39, 0.29) is 17.0 Å². The van der Waals surface area contributed by atoms with Gasteiger partial charge in [0.1, 0.15) is 11.3 Å². The minimum atomic E-state index is -0.523. The number of aliphatic imine (C=N–C) groups is 1. The normalized spacial score (nSPS) is 11.3. The van der Waals surface area contributed by atoms with Gasteiger partial charge in [-0.25, -0.2) is 4.98 Å². The van der Waals surface area contributed by atoms with Gasteiger partial charge in [0.15, 0.2) is 5.58 Å². The quantitative estimate of drug-likeness (QED) is 0.318. The van der Waals surface area contributed by atoms with Crippen LogP contribution in [0, 0.1) is 10.1 Å². The number of non-ortho nitro benzene ring substituents is 1. The third kappa shape index (κ3) is 3.38. The van der Waals surface area contributed by atoms with E-state index in [2.05, 4.69) is 9.98 Å². The van der Waals surface area contributed by atoms with Gasteiger partial charge >= 0.3 is 0 Å². The molecule has 132 valence electrons. The number of benzene rings is 3. The van der Waals surface area contributed by atoms with Gasteiger partial charge < -0.3 is 9.52 Å². The van der Waals surface area contributed by atoms with Gasteiger partial charge in [-0.3, -0.25) is 15.1 Å². The van der Waals surface area contributed by atoms with Crippen LogP contribution in [0.15, 0.2) is 76.1 Å². The molecule has 0 saturated heterocycles. The summed E-state index contributed by atoms with van der Waals surface area (Å²) in [6, 6.07) is 18.5. The molecular formula is C20H13N3O4. The third-order valence-corrected chi connectivity index (χ3v) is 3.96. The maximum atomic E-state index is 10.9. The molecule has 0 radical (unpaired) electrons. The Morgan fingerprint density at radius 3 is 2.74 bits per heavy atom. The first kappa shape index (κ1) is 16.5. The van der Waals surface area contributed by atoms with Gasteiger partial charge in [-0.15, -0.1) is 0 Å². The van der Waals surface area contributed by atoms with E-state index in [0.29, 0.717) is 17.2 Å². The van der Waals surface area contributed by atoms with E-state index in [1.807, 2.05) is 36.4 Å². The molecular weight excluding hydrogens is 346 g/mol. The Labute approximate surface area is 153 Å². The largest absolute Gasteiger partial charge is 0.507 e. The van der Waals surface area contributed by atoms with Crippen LogP contribution in [0.2, 0.25) is 0 Å². The number of aromatic nitrogens is 1. The lowest BCUT2D eigenvalue weighted by Crippen LogP contribution is -1.90. The number of aromatic hydroxyl groups is 1.